The lowest BCUT2D eigenvalue weighted by molar-refractivity contribution is -0.141. The summed E-state index contributed by atoms with van der Waals surface area (Å²) in [6.07, 6.45) is 1.37. The highest BCUT2D eigenvalue weighted by Gasteiger charge is 2.33. The molecule has 1 aromatic carbocycles. The van der Waals surface area contributed by atoms with E-state index in [-0.39, 0.29) is 18.4 Å². The van der Waals surface area contributed by atoms with Gasteiger partial charge in [0.2, 0.25) is 5.91 Å². The summed E-state index contributed by atoms with van der Waals surface area (Å²) in [5.74, 6) is -3.78. The largest absolute Gasteiger partial charge is 0.481 e. The first-order valence-corrected chi connectivity index (χ1v) is 6.42. The smallest absolute Gasteiger partial charge is 0.306 e. The fourth-order valence-electron chi connectivity index (χ4n) is 2.43. The fraction of sp³-hybridized carbons (Fsp3) is 0.429. The number of aliphatic carboxylic acids is 1. The molecule has 2 atom stereocenters. The second-order valence-electron chi connectivity index (χ2n) is 5.01. The molecule has 1 aliphatic rings. The summed E-state index contributed by atoms with van der Waals surface area (Å²) >= 11 is 0. The zero-order valence-corrected chi connectivity index (χ0v) is 10.7. The number of rotatable bonds is 4. The third kappa shape index (κ3) is 3.31. The molecule has 0 unspecified atom stereocenters. The maximum atomic E-state index is 13.0. The molecule has 1 fully saturated rings. The first-order valence-electron chi connectivity index (χ1n) is 6.42. The number of carboxylic acid groups (broad SMARTS) is 1. The number of carbonyl (C=O) groups is 2. The number of nitrogens with one attached hydrogen (secondary N) is 1. The summed E-state index contributed by atoms with van der Waals surface area (Å²) in [7, 11) is 0. The van der Waals surface area contributed by atoms with E-state index in [1.165, 1.54) is 6.07 Å². The Morgan fingerprint density at radius 2 is 1.90 bits per heavy atom. The summed E-state index contributed by atoms with van der Waals surface area (Å²) in [6.45, 7) is 0.101. The molecule has 20 heavy (non-hydrogen) atoms. The maximum absolute atomic E-state index is 13.0. The molecule has 6 heteroatoms. The Bertz CT molecular complexity index is 533. The van der Waals surface area contributed by atoms with Crippen LogP contribution in [0.1, 0.15) is 24.8 Å². The van der Waals surface area contributed by atoms with Crippen molar-refractivity contribution in [2.45, 2.75) is 25.8 Å². The summed E-state index contributed by atoms with van der Waals surface area (Å²) in [5.41, 5.74) is 0.463. The van der Waals surface area contributed by atoms with Gasteiger partial charge < -0.3 is 10.4 Å². The maximum Gasteiger partial charge on any atom is 0.306 e. The van der Waals surface area contributed by atoms with Crippen LogP contribution in [0.15, 0.2) is 18.2 Å². The minimum Gasteiger partial charge on any atom is -0.481 e. The molecule has 1 amide bonds. The Balaban J connectivity index is 1.86. The van der Waals surface area contributed by atoms with Crippen molar-refractivity contribution in [1.29, 1.82) is 0 Å². The van der Waals surface area contributed by atoms with Crippen LogP contribution in [-0.2, 0) is 16.1 Å². The van der Waals surface area contributed by atoms with Crippen molar-refractivity contribution in [3.05, 3.63) is 35.4 Å². The number of carbonyl (C=O) groups excluding carboxylic acids is 1. The Morgan fingerprint density at radius 3 is 2.50 bits per heavy atom. The number of hydrogen-bond donors (Lipinski definition) is 2. The quantitative estimate of drug-likeness (QED) is 0.889. The van der Waals surface area contributed by atoms with Crippen molar-refractivity contribution in [2.24, 2.45) is 11.8 Å². The van der Waals surface area contributed by atoms with Crippen LogP contribution in [0.5, 0.6) is 0 Å². The predicted octanol–water partition coefficient (Wildman–Crippen LogP) is 2.08. The third-order valence-corrected chi connectivity index (χ3v) is 3.60. The normalized spacial score (nSPS) is 21.7. The number of carboxylic acids is 1. The van der Waals surface area contributed by atoms with Crippen LogP contribution in [0.3, 0.4) is 0 Å². The highest BCUT2D eigenvalue weighted by Crippen LogP contribution is 2.31. The average molecular weight is 283 g/mol. The number of hydrogen-bond acceptors (Lipinski definition) is 2. The second-order valence-corrected chi connectivity index (χ2v) is 5.01. The molecular formula is C14H15F2NO3. The molecule has 0 spiro atoms. The molecule has 0 heterocycles. The SMILES string of the molecule is O=C(O)[C@@H]1CC[C@H](C(=O)NCc2ccc(F)c(F)c2)C1. The molecule has 0 aliphatic heterocycles. The molecule has 0 saturated heterocycles. The summed E-state index contributed by atoms with van der Waals surface area (Å²) in [5, 5.41) is 11.5. The van der Waals surface area contributed by atoms with Gasteiger partial charge in [-0.05, 0) is 37.0 Å². The first-order chi connectivity index (χ1) is 9.47. The Hall–Kier alpha value is -1.98. The van der Waals surface area contributed by atoms with Gasteiger partial charge in [-0.3, -0.25) is 9.59 Å². The minimum absolute atomic E-state index is 0.101. The van der Waals surface area contributed by atoms with Crippen molar-refractivity contribution in [3.8, 4) is 0 Å². The molecule has 0 bridgehead atoms. The van der Waals surface area contributed by atoms with Crippen molar-refractivity contribution in [2.75, 3.05) is 0 Å². The summed E-state index contributed by atoms with van der Waals surface area (Å²) < 4.78 is 25.7. The van der Waals surface area contributed by atoms with Crippen LogP contribution in [0.2, 0.25) is 0 Å². The van der Waals surface area contributed by atoms with Gasteiger partial charge in [-0.1, -0.05) is 6.07 Å². The van der Waals surface area contributed by atoms with Gasteiger partial charge in [-0.15, -0.1) is 0 Å². The van der Waals surface area contributed by atoms with E-state index in [0.717, 1.165) is 12.1 Å². The lowest BCUT2D eigenvalue weighted by Crippen LogP contribution is -2.29. The standard InChI is InChI=1S/C14H15F2NO3/c15-11-4-1-8(5-12(11)16)7-17-13(18)9-2-3-10(6-9)14(19)20/h1,4-5,9-10H,2-3,6-7H2,(H,17,18)(H,19,20)/t9-,10+/m0/s1. The van der Waals surface area contributed by atoms with E-state index in [1.54, 1.807) is 0 Å². The number of halogens is 2. The Morgan fingerprint density at radius 1 is 1.20 bits per heavy atom. The zero-order chi connectivity index (χ0) is 14.7. The summed E-state index contributed by atoms with van der Waals surface area (Å²) in [6, 6.07) is 3.44. The van der Waals surface area contributed by atoms with Crippen LogP contribution in [0, 0.1) is 23.5 Å². The lowest BCUT2D eigenvalue weighted by atomic mass is 10.0. The van der Waals surface area contributed by atoms with Gasteiger partial charge in [-0.25, -0.2) is 8.78 Å². The van der Waals surface area contributed by atoms with Crippen molar-refractivity contribution >= 4 is 11.9 Å². The van der Waals surface area contributed by atoms with E-state index in [9.17, 15) is 18.4 Å². The van der Waals surface area contributed by atoms with Crippen LogP contribution in [0.25, 0.3) is 0 Å². The molecule has 0 aromatic heterocycles. The molecular weight excluding hydrogens is 268 g/mol. The second kappa shape index (κ2) is 5.98. The van der Waals surface area contributed by atoms with Gasteiger partial charge in [0.05, 0.1) is 5.92 Å². The number of benzene rings is 1. The minimum atomic E-state index is -0.955. The molecule has 1 aromatic rings. The Labute approximate surface area is 114 Å². The summed E-state index contributed by atoms with van der Waals surface area (Å²) in [4.78, 5) is 22.7. The van der Waals surface area contributed by atoms with Crippen molar-refractivity contribution in [1.82, 2.24) is 5.32 Å². The van der Waals surface area contributed by atoms with E-state index < -0.39 is 23.5 Å². The van der Waals surface area contributed by atoms with Crippen LogP contribution in [-0.4, -0.2) is 17.0 Å². The Kier molecular flexibility index (Phi) is 4.32. The van der Waals surface area contributed by atoms with Crippen molar-refractivity contribution < 1.29 is 23.5 Å². The predicted molar refractivity (Wildman–Crippen MR) is 66.7 cm³/mol. The molecule has 0 radical (unpaired) electrons. The van der Waals surface area contributed by atoms with E-state index in [0.29, 0.717) is 24.8 Å². The number of amides is 1. The molecule has 1 saturated carbocycles. The highest BCUT2D eigenvalue weighted by molar-refractivity contribution is 5.80. The van der Waals surface area contributed by atoms with Crippen LogP contribution >= 0.6 is 0 Å². The van der Waals surface area contributed by atoms with Crippen molar-refractivity contribution in [3.63, 3.8) is 0 Å². The van der Waals surface area contributed by atoms with Gasteiger partial charge in [0.15, 0.2) is 11.6 Å². The fourth-order valence-corrected chi connectivity index (χ4v) is 2.43. The van der Waals surface area contributed by atoms with Gasteiger partial charge in [-0.2, -0.15) is 0 Å². The molecule has 4 nitrogen and oxygen atoms in total. The molecule has 2 N–H and O–H groups in total. The van der Waals surface area contributed by atoms with Gasteiger partial charge in [0, 0.05) is 12.5 Å². The van der Waals surface area contributed by atoms with E-state index in [2.05, 4.69) is 5.32 Å². The topological polar surface area (TPSA) is 66.4 Å². The highest BCUT2D eigenvalue weighted by atomic mass is 19.2. The van der Waals surface area contributed by atoms with Gasteiger partial charge >= 0.3 is 5.97 Å². The lowest BCUT2D eigenvalue weighted by Gasteiger charge is -2.11. The molecule has 108 valence electrons. The van der Waals surface area contributed by atoms with E-state index in [1.807, 2.05) is 0 Å². The van der Waals surface area contributed by atoms with Crippen LogP contribution < -0.4 is 5.32 Å². The van der Waals surface area contributed by atoms with Crippen LogP contribution in [0.4, 0.5) is 8.78 Å². The molecule has 1 aliphatic carbocycles. The monoisotopic (exact) mass is 283 g/mol. The zero-order valence-electron chi connectivity index (χ0n) is 10.7. The van der Waals surface area contributed by atoms with E-state index >= 15 is 0 Å². The molecule has 2 rings (SSSR count). The van der Waals surface area contributed by atoms with Gasteiger partial charge in [0.25, 0.3) is 0 Å². The van der Waals surface area contributed by atoms with E-state index in [4.69, 9.17) is 5.11 Å². The average Bonchev–Trinajstić information content (AvgIpc) is 2.89. The third-order valence-electron chi connectivity index (χ3n) is 3.60. The first kappa shape index (κ1) is 14.4. The van der Waals surface area contributed by atoms with Gasteiger partial charge in [0.1, 0.15) is 0 Å².